The highest BCUT2D eigenvalue weighted by Crippen LogP contribution is 2.29. The second-order valence-electron chi connectivity index (χ2n) is 8.21. The quantitative estimate of drug-likeness (QED) is 0.819. The highest BCUT2D eigenvalue weighted by molar-refractivity contribution is 5.55. The van der Waals surface area contributed by atoms with E-state index in [1.165, 1.54) is 94.7 Å². The van der Waals surface area contributed by atoms with Gasteiger partial charge in [-0.3, -0.25) is 4.90 Å². The summed E-state index contributed by atoms with van der Waals surface area (Å²) in [5.74, 6) is 0.867. The van der Waals surface area contributed by atoms with E-state index in [-0.39, 0.29) is 0 Å². The smallest absolute Gasteiger partial charge is 0.0396 e. The summed E-state index contributed by atoms with van der Waals surface area (Å²) in [4.78, 5) is 7.91. The Balaban J connectivity index is 1.35. The third kappa shape index (κ3) is 3.78. The van der Waals surface area contributed by atoms with E-state index in [0.29, 0.717) is 0 Å². The molecule has 3 saturated heterocycles. The van der Waals surface area contributed by atoms with Crippen LogP contribution < -0.4 is 4.90 Å². The minimum atomic E-state index is 0.867. The van der Waals surface area contributed by atoms with Gasteiger partial charge in [0.1, 0.15) is 0 Å². The number of nitrogens with zero attached hydrogens (tertiary/aromatic N) is 3. The molecule has 0 bridgehead atoms. The topological polar surface area (TPSA) is 9.72 Å². The number of likely N-dealkylation sites (tertiary alicyclic amines) is 2. The van der Waals surface area contributed by atoms with Crippen molar-refractivity contribution in [2.45, 2.75) is 45.6 Å². The summed E-state index contributed by atoms with van der Waals surface area (Å²) >= 11 is 0. The highest BCUT2D eigenvalue weighted by Gasteiger charge is 2.26. The highest BCUT2D eigenvalue weighted by atomic mass is 15.2. The monoisotopic (exact) mass is 327 g/mol. The summed E-state index contributed by atoms with van der Waals surface area (Å²) in [6.45, 7) is 12.5. The normalized spacial score (nSPS) is 25.9. The number of rotatable bonds is 5. The Morgan fingerprint density at radius 3 is 2.33 bits per heavy atom. The van der Waals surface area contributed by atoms with Crippen LogP contribution in [0.2, 0.25) is 0 Å². The molecule has 3 heteroatoms. The molecule has 0 radical (unpaired) electrons. The Kier molecular flexibility index (Phi) is 5.09. The second kappa shape index (κ2) is 7.45. The van der Waals surface area contributed by atoms with Crippen molar-refractivity contribution in [2.75, 3.05) is 50.7 Å². The molecule has 1 unspecified atom stereocenters. The van der Waals surface area contributed by atoms with E-state index in [1.807, 2.05) is 0 Å². The zero-order valence-electron chi connectivity index (χ0n) is 15.3. The molecule has 0 aliphatic carbocycles. The van der Waals surface area contributed by atoms with Crippen molar-refractivity contribution < 1.29 is 0 Å². The second-order valence-corrected chi connectivity index (χ2v) is 8.21. The van der Waals surface area contributed by atoms with Gasteiger partial charge in [0.25, 0.3) is 0 Å². The van der Waals surface area contributed by atoms with Gasteiger partial charge in [-0.25, -0.2) is 0 Å². The SMILES string of the molecule is Cc1cc(CN2CCCC2)ccc1N1CCC(CN2CCCC2)C1. The molecule has 24 heavy (non-hydrogen) atoms. The fourth-order valence-corrected chi connectivity index (χ4v) is 4.90. The number of hydrogen-bond acceptors (Lipinski definition) is 3. The number of anilines is 1. The van der Waals surface area contributed by atoms with Crippen molar-refractivity contribution in [3.8, 4) is 0 Å². The van der Waals surface area contributed by atoms with Gasteiger partial charge in [0.2, 0.25) is 0 Å². The average molecular weight is 328 g/mol. The fourth-order valence-electron chi connectivity index (χ4n) is 4.90. The molecule has 0 saturated carbocycles. The molecule has 0 aromatic heterocycles. The van der Waals surface area contributed by atoms with Crippen LogP contribution in [-0.4, -0.2) is 55.6 Å². The molecule has 1 aromatic carbocycles. The summed E-state index contributed by atoms with van der Waals surface area (Å²) < 4.78 is 0. The average Bonchev–Trinajstić information content (AvgIpc) is 3.31. The van der Waals surface area contributed by atoms with Crippen LogP contribution in [0.1, 0.15) is 43.2 Å². The largest absolute Gasteiger partial charge is 0.371 e. The van der Waals surface area contributed by atoms with Gasteiger partial charge in [0, 0.05) is 31.9 Å². The summed E-state index contributed by atoms with van der Waals surface area (Å²) in [5.41, 5.74) is 4.43. The van der Waals surface area contributed by atoms with Crippen LogP contribution in [0.3, 0.4) is 0 Å². The molecule has 3 nitrogen and oxygen atoms in total. The van der Waals surface area contributed by atoms with Crippen molar-refractivity contribution >= 4 is 5.69 Å². The Labute approximate surface area is 147 Å². The third-order valence-electron chi connectivity index (χ3n) is 6.21. The first-order valence-corrected chi connectivity index (χ1v) is 10.1. The van der Waals surface area contributed by atoms with Crippen molar-refractivity contribution in [1.82, 2.24) is 9.80 Å². The van der Waals surface area contributed by atoms with Gasteiger partial charge in [0.15, 0.2) is 0 Å². The molecule has 1 atom stereocenters. The molecular weight excluding hydrogens is 294 g/mol. The van der Waals surface area contributed by atoms with E-state index >= 15 is 0 Å². The maximum absolute atomic E-state index is 2.68. The zero-order valence-corrected chi connectivity index (χ0v) is 15.3. The van der Waals surface area contributed by atoms with Crippen molar-refractivity contribution in [2.24, 2.45) is 5.92 Å². The Morgan fingerprint density at radius 2 is 1.62 bits per heavy atom. The van der Waals surface area contributed by atoms with E-state index < -0.39 is 0 Å². The van der Waals surface area contributed by atoms with E-state index in [0.717, 1.165) is 12.5 Å². The van der Waals surface area contributed by atoms with Crippen LogP contribution in [0.4, 0.5) is 5.69 Å². The number of benzene rings is 1. The Hall–Kier alpha value is -1.06. The standard InChI is InChI=1S/C21H33N3/c1-18-14-19(15-22-9-2-3-10-22)6-7-21(18)24-13-8-20(17-24)16-23-11-4-5-12-23/h6-7,14,20H,2-5,8-13,15-17H2,1H3. The first-order valence-electron chi connectivity index (χ1n) is 10.1. The van der Waals surface area contributed by atoms with E-state index in [2.05, 4.69) is 39.8 Å². The molecule has 3 heterocycles. The molecule has 132 valence electrons. The molecule has 4 rings (SSSR count). The van der Waals surface area contributed by atoms with Crippen LogP contribution in [-0.2, 0) is 6.54 Å². The summed E-state index contributed by atoms with van der Waals surface area (Å²) in [5, 5.41) is 0. The third-order valence-corrected chi connectivity index (χ3v) is 6.21. The van der Waals surface area contributed by atoms with Crippen molar-refractivity contribution in [3.05, 3.63) is 29.3 Å². The van der Waals surface area contributed by atoms with Gasteiger partial charge < -0.3 is 9.80 Å². The lowest BCUT2D eigenvalue weighted by atomic mass is 10.1. The molecule has 3 fully saturated rings. The minimum Gasteiger partial charge on any atom is -0.371 e. The first-order chi connectivity index (χ1) is 11.8. The maximum Gasteiger partial charge on any atom is 0.0396 e. The lowest BCUT2D eigenvalue weighted by molar-refractivity contribution is 0.289. The first kappa shape index (κ1) is 16.4. The van der Waals surface area contributed by atoms with Gasteiger partial charge in [-0.2, -0.15) is 0 Å². The van der Waals surface area contributed by atoms with Crippen LogP contribution in [0.25, 0.3) is 0 Å². The van der Waals surface area contributed by atoms with Gasteiger partial charge >= 0.3 is 0 Å². The Bertz CT molecular complexity index is 544. The van der Waals surface area contributed by atoms with Crippen LogP contribution in [0.5, 0.6) is 0 Å². The predicted octanol–water partition coefficient (Wildman–Crippen LogP) is 3.51. The molecule has 0 spiro atoms. The molecule has 0 amide bonds. The maximum atomic E-state index is 2.68. The Morgan fingerprint density at radius 1 is 0.917 bits per heavy atom. The van der Waals surface area contributed by atoms with Gasteiger partial charge in [-0.05, 0) is 88.3 Å². The summed E-state index contributed by atoms with van der Waals surface area (Å²) in [6, 6.07) is 7.19. The fraction of sp³-hybridized carbons (Fsp3) is 0.714. The number of hydrogen-bond donors (Lipinski definition) is 0. The number of aryl methyl sites for hydroxylation is 1. The van der Waals surface area contributed by atoms with Crippen LogP contribution in [0.15, 0.2) is 18.2 Å². The molecule has 3 aliphatic rings. The molecule has 0 N–H and O–H groups in total. The minimum absolute atomic E-state index is 0.867. The van der Waals surface area contributed by atoms with Crippen LogP contribution >= 0.6 is 0 Å². The van der Waals surface area contributed by atoms with Crippen molar-refractivity contribution in [3.63, 3.8) is 0 Å². The van der Waals surface area contributed by atoms with Gasteiger partial charge in [-0.1, -0.05) is 12.1 Å². The van der Waals surface area contributed by atoms with E-state index in [1.54, 1.807) is 0 Å². The van der Waals surface area contributed by atoms with Gasteiger partial charge in [-0.15, -0.1) is 0 Å². The predicted molar refractivity (Wildman–Crippen MR) is 102 cm³/mol. The van der Waals surface area contributed by atoms with E-state index in [4.69, 9.17) is 0 Å². The van der Waals surface area contributed by atoms with Crippen molar-refractivity contribution in [1.29, 1.82) is 0 Å². The molecule has 1 aromatic rings. The lowest BCUT2D eigenvalue weighted by Gasteiger charge is -2.24. The summed E-state index contributed by atoms with van der Waals surface area (Å²) in [6.07, 6.45) is 6.94. The zero-order chi connectivity index (χ0) is 16.4. The molecule has 3 aliphatic heterocycles. The van der Waals surface area contributed by atoms with E-state index in [9.17, 15) is 0 Å². The van der Waals surface area contributed by atoms with Crippen LogP contribution in [0, 0.1) is 12.8 Å². The van der Waals surface area contributed by atoms with Gasteiger partial charge in [0.05, 0.1) is 0 Å². The summed E-state index contributed by atoms with van der Waals surface area (Å²) in [7, 11) is 0. The lowest BCUT2D eigenvalue weighted by Crippen LogP contribution is -2.29. The molecular formula is C21H33N3.